The zero-order chi connectivity index (χ0) is 19.8. The summed E-state index contributed by atoms with van der Waals surface area (Å²) in [6.07, 6.45) is -0.661. The highest BCUT2D eigenvalue weighted by Crippen LogP contribution is 2.30. The lowest BCUT2D eigenvalue weighted by molar-refractivity contribution is -0.122. The molecule has 0 aliphatic carbocycles. The van der Waals surface area contributed by atoms with Crippen LogP contribution in [0, 0.1) is 13.8 Å². The number of para-hydroxylation sites is 1. The lowest BCUT2D eigenvalue weighted by Crippen LogP contribution is -2.30. The summed E-state index contributed by atoms with van der Waals surface area (Å²) in [6.45, 7) is 5.54. The van der Waals surface area contributed by atoms with E-state index in [9.17, 15) is 4.79 Å². The summed E-state index contributed by atoms with van der Waals surface area (Å²) in [7, 11) is 0. The molecule has 4 rings (SSSR count). The van der Waals surface area contributed by atoms with Crippen molar-refractivity contribution in [1.82, 2.24) is 0 Å². The van der Waals surface area contributed by atoms with Crippen LogP contribution in [0.1, 0.15) is 18.1 Å². The van der Waals surface area contributed by atoms with Crippen molar-refractivity contribution in [2.75, 3.05) is 5.32 Å². The number of carbonyl (C=O) groups is 1. The van der Waals surface area contributed by atoms with Crippen LogP contribution in [0.5, 0.6) is 5.75 Å². The van der Waals surface area contributed by atoms with E-state index in [0.717, 1.165) is 33.1 Å². The lowest BCUT2D eigenvalue weighted by atomic mass is 10.1. The van der Waals surface area contributed by atoms with Crippen molar-refractivity contribution >= 4 is 45.1 Å². The van der Waals surface area contributed by atoms with Crippen LogP contribution >= 0.6 is 11.6 Å². The van der Waals surface area contributed by atoms with Gasteiger partial charge in [0, 0.05) is 27.5 Å². The molecule has 0 aliphatic rings. The maximum Gasteiger partial charge on any atom is 0.265 e. The predicted octanol–water partition coefficient (Wildman–Crippen LogP) is 6.26. The molecule has 0 unspecified atom stereocenters. The Balaban J connectivity index is 1.51. The molecule has 0 spiro atoms. The highest BCUT2D eigenvalue weighted by Gasteiger charge is 2.17. The van der Waals surface area contributed by atoms with Gasteiger partial charge in [0.15, 0.2) is 6.10 Å². The van der Waals surface area contributed by atoms with Crippen molar-refractivity contribution in [2.45, 2.75) is 26.9 Å². The van der Waals surface area contributed by atoms with E-state index in [-0.39, 0.29) is 5.91 Å². The Morgan fingerprint density at radius 1 is 1.00 bits per heavy atom. The second kappa shape index (κ2) is 7.21. The van der Waals surface area contributed by atoms with Gasteiger partial charge in [-0.1, -0.05) is 29.8 Å². The number of benzene rings is 3. The zero-order valence-corrected chi connectivity index (χ0v) is 16.6. The largest absolute Gasteiger partial charge is 0.481 e. The molecule has 5 heteroatoms. The van der Waals surface area contributed by atoms with Crippen LogP contribution in [0.3, 0.4) is 0 Å². The summed E-state index contributed by atoms with van der Waals surface area (Å²) in [4.78, 5) is 12.6. The predicted molar refractivity (Wildman–Crippen MR) is 113 cm³/mol. The SMILES string of the molecule is Cc1cc(O[C@@H](C)C(=O)Nc2ccc3c(c2)oc2ccccc23)cc(C)c1Cl. The van der Waals surface area contributed by atoms with E-state index < -0.39 is 6.10 Å². The van der Waals surface area contributed by atoms with Gasteiger partial charge in [-0.25, -0.2) is 0 Å². The van der Waals surface area contributed by atoms with Gasteiger partial charge >= 0.3 is 0 Å². The van der Waals surface area contributed by atoms with Crippen molar-refractivity contribution in [3.05, 3.63) is 70.7 Å². The summed E-state index contributed by atoms with van der Waals surface area (Å²) >= 11 is 6.19. The molecular formula is C23H20ClNO3. The highest BCUT2D eigenvalue weighted by atomic mass is 35.5. The molecule has 142 valence electrons. The average molecular weight is 394 g/mol. The van der Waals surface area contributed by atoms with Crippen molar-refractivity contribution in [3.63, 3.8) is 0 Å². The Kier molecular flexibility index (Phi) is 4.73. The van der Waals surface area contributed by atoms with Crippen LogP contribution < -0.4 is 10.1 Å². The number of amides is 1. The normalized spacial score (nSPS) is 12.3. The molecule has 1 aromatic heterocycles. The van der Waals surface area contributed by atoms with Crippen molar-refractivity contribution < 1.29 is 13.9 Å². The summed E-state index contributed by atoms with van der Waals surface area (Å²) < 4.78 is 11.7. The fraction of sp³-hybridized carbons (Fsp3) is 0.174. The van der Waals surface area contributed by atoms with Crippen LogP contribution in [-0.2, 0) is 4.79 Å². The van der Waals surface area contributed by atoms with Gasteiger partial charge in [-0.15, -0.1) is 0 Å². The second-order valence-electron chi connectivity index (χ2n) is 6.93. The molecule has 1 amide bonds. The standard InChI is InChI=1S/C23H20ClNO3/c1-13-10-17(11-14(2)22(13)24)27-15(3)23(26)25-16-8-9-19-18-6-4-5-7-20(18)28-21(19)12-16/h4-12,15H,1-3H3,(H,25,26)/t15-/m0/s1. The van der Waals surface area contributed by atoms with Crippen LogP contribution in [0.15, 0.2) is 59.0 Å². The van der Waals surface area contributed by atoms with Crippen molar-refractivity contribution in [1.29, 1.82) is 0 Å². The number of halogens is 1. The molecule has 0 saturated carbocycles. The van der Waals surface area contributed by atoms with Gasteiger partial charge in [0.25, 0.3) is 5.91 Å². The first-order valence-electron chi connectivity index (χ1n) is 9.08. The Bertz CT molecular complexity index is 1170. The summed E-state index contributed by atoms with van der Waals surface area (Å²) in [6, 6.07) is 17.2. The van der Waals surface area contributed by atoms with Gasteiger partial charge < -0.3 is 14.5 Å². The maximum absolute atomic E-state index is 12.6. The minimum absolute atomic E-state index is 0.235. The van der Waals surface area contributed by atoms with E-state index in [0.29, 0.717) is 16.5 Å². The number of furan rings is 1. The number of carbonyl (C=O) groups excluding carboxylic acids is 1. The van der Waals surface area contributed by atoms with E-state index in [4.69, 9.17) is 20.8 Å². The number of fused-ring (bicyclic) bond motifs is 3. The molecule has 4 aromatic rings. The molecule has 1 heterocycles. The summed E-state index contributed by atoms with van der Waals surface area (Å²) in [5, 5.41) is 5.68. The van der Waals surface area contributed by atoms with Crippen LogP contribution in [0.4, 0.5) is 5.69 Å². The monoisotopic (exact) mass is 393 g/mol. The second-order valence-corrected chi connectivity index (χ2v) is 7.31. The Labute approximate surface area is 168 Å². The van der Waals surface area contributed by atoms with E-state index in [2.05, 4.69) is 5.32 Å². The van der Waals surface area contributed by atoms with E-state index in [1.165, 1.54) is 0 Å². The zero-order valence-electron chi connectivity index (χ0n) is 15.9. The highest BCUT2D eigenvalue weighted by molar-refractivity contribution is 6.32. The van der Waals surface area contributed by atoms with Crippen LogP contribution in [-0.4, -0.2) is 12.0 Å². The van der Waals surface area contributed by atoms with Crippen LogP contribution in [0.25, 0.3) is 21.9 Å². The maximum atomic E-state index is 12.6. The van der Waals surface area contributed by atoms with Gasteiger partial charge in [0.05, 0.1) is 0 Å². The first-order chi connectivity index (χ1) is 13.4. The molecule has 0 aliphatic heterocycles. The molecular weight excluding hydrogens is 374 g/mol. The van der Waals surface area contributed by atoms with Crippen molar-refractivity contribution in [3.8, 4) is 5.75 Å². The Morgan fingerprint density at radius 2 is 1.68 bits per heavy atom. The molecule has 4 nitrogen and oxygen atoms in total. The first kappa shape index (κ1) is 18.4. The van der Waals surface area contributed by atoms with E-state index >= 15 is 0 Å². The first-order valence-corrected chi connectivity index (χ1v) is 9.46. The van der Waals surface area contributed by atoms with Gasteiger partial charge in [0.2, 0.25) is 0 Å². The van der Waals surface area contributed by atoms with E-state index in [1.54, 1.807) is 6.92 Å². The number of hydrogen-bond donors (Lipinski definition) is 1. The Morgan fingerprint density at radius 3 is 2.43 bits per heavy atom. The number of anilines is 1. The smallest absolute Gasteiger partial charge is 0.265 e. The number of aryl methyl sites for hydroxylation is 2. The summed E-state index contributed by atoms with van der Waals surface area (Å²) in [5.74, 6) is 0.385. The third-order valence-electron chi connectivity index (χ3n) is 4.74. The third-order valence-corrected chi connectivity index (χ3v) is 5.33. The fourth-order valence-corrected chi connectivity index (χ4v) is 3.39. The van der Waals surface area contributed by atoms with Gasteiger partial charge in [-0.2, -0.15) is 0 Å². The minimum Gasteiger partial charge on any atom is -0.481 e. The summed E-state index contributed by atoms with van der Waals surface area (Å²) in [5.41, 5.74) is 4.05. The topological polar surface area (TPSA) is 51.5 Å². The van der Waals surface area contributed by atoms with Gasteiger partial charge in [-0.05, 0) is 62.2 Å². The molecule has 0 saturated heterocycles. The molecule has 1 atom stereocenters. The van der Waals surface area contributed by atoms with Crippen molar-refractivity contribution in [2.24, 2.45) is 0 Å². The third kappa shape index (κ3) is 3.43. The van der Waals surface area contributed by atoms with E-state index in [1.807, 2.05) is 68.4 Å². The minimum atomic E-state index is -0.661. The van der Waals surface area contributed by atoms with Crippen LogP contribution in [0.2, 0.25) is 5.02 Å². The Hall–Kier alpha value is -2.98. The average Bonchev–Trinajstić information content (AvgIpc) is 3.03. The molecule has 3 aromatic carbocycles. The fourth-order valence-electron chi connectivity index (χ4n) is 3.28. The number of ether oxygens (including phenoxy) is 1. The molecule has 28 heavy (non-hydrogen) atoms. The number of hydrogen-bond acceptors (Lipinski definition) is 3. The lowest BCUT2D eigenvalue weighted by Gasteiger charge is -2.16. The number of nitrogens with one attached hydrogen (secondary N) is 1. The molecule has 0 bridgehead atoms. The molecule has 1 N–H and O–H groups in total. The van der Waals surface area contributed by atoms with Gasteiger partial charge in [0.1, 0.15) is 16.9 Å². The molecule has 0 radical (unpaired) electrons. The quantitative estimate of drug-likeness (QED) is 0.445. The number of rotatable bonds is 4. The molecule has 0 fully saturated rings. The van der Waals surface area contributed by atoms with Gasteiger partial charge in [-0.3, -0.25) is 4.79 Å².